The number of amides is 2. The first-order valence-electron chi connectivity index (χ1n) is 10.7. The molecule has 2 aromatic carbocycles. The zero-order valence-corrected chi connectivity index (χ0v) is 18.1. The average Bonchev–Trinajstić information content (AvgIpc) is 3.02. The van der Waals surface area contributed by atoms with Crippen LogP contribution in [0.15, 0.2) is 54.2 Å². The van der Waals surface area contributed by atoms with E-state index in [1.807, 2.05) is 19.1 Å². The van der Waals surface area contributed by atoms with Crippen molar-refractivity contribution in [2.75, 3.05) is 44.7 Å². The van der Waals surface area contributed by atoms with Crippen molar-refractivity contribution in [2.45, 2.75) is 13.1 Å². The van der Waals surface area contributed by atoms with E-state index < -0.39 is 23.6 Å². The largest absolute Gasteiger partial charge is 0.416 e. The Balaban J connectivity index is 1.64. The average molecular weight is 459 g/mol. The highest BCUT2D eigenvalue weighted by Gasteiger charge is 2.39. The molecule has 9 heteroatoms. The van der Waals surface area contributed by atoms with Gasteiger partial charge in [-0.15, -0.1) is 0 Å². The number of nitrogens with zero attached hydrogens (tertiary/aromatic N) is 2. The van der Waals surface area contributed by atoms with Crippen molar-refractivity contribution in [2.24, 2.45) is 0 Å². The summed E-state index contributed by atoms with van der Waals surface area (Å²) in [6, 6.07) is 11.7. The molecule has 0 spiro atoms. The van der Waals surface area contributed by atoms with Crippen LogP contribution in [0.4, 0.5) is 18.9 Å². The Morgan fingerprint density at radius 3 is 2.33 bits per heavy atom. The van der Waals surface area contributed by atoms with Crippen molar-refractivity contribution in [3.05, 3.63) is 70.9 Å². The third-order valence-corrected chi connectivity index (χ3v) is 5.71. The number of benzene rings is 2. The van der Waals surface area contributed by atoms with Gasteiger partial charge in [-0.05, 0) is 30.7 Å². The predicted octanol–water partition coefficient (Wildman–Crippen LogP) is 3.54. The van der Waals surface area contributed by atoms with Gasteiger partial charge in [0.15, 0.2) is 0 Å². The number of halogens is 3. The molecule has 2 aromatic rings. The normalized spacial score (nSPS) is 17.8. The Labute approximate surface area is 189 Å². The highest BCUT2D eigenvalue weighted by atomic mass is 19.4. The summed E-state index contributed by atoms with van der Waals surface area (Å²) in [7, 11) is 0. The summed E-state index contributed by atoms with van der Waals surface area (Å²) in [5, 5.41) is 2.80. The van der Waals surface area contributed by atoms with E-state index in [0.717, 1.165) is 22.6 Å². The number of morpholine rings is 1. The third kappa shape index (κ3) is 5.09. The minimum Gasteiger partial charge on any atom is -0.379 e. The van der Waals surface area contributed by atoms with Crippen molar-refractivity contribution in [3.8, 4) is 0 Å². The van der Waals surface area contributed by atoms with Crippen molar-refractivity contribution in [1.82, 2.24) is 9.80 Å². The van der Waals surface area contributed by atoms with Gasteiger partial charge in [0.1, 0.15) is 5.70 Å². The Bertz CT molecular complexity index is 1070. The fraction of sp³-hybridized carbons (Fsp3) is 0.333. The lowest BCUT2D eigenvalue weighted by Crippen LogP contribution is -2.43. The summed E-state index contributed by atoms with van der Waals surface area (Å²) in [6.45, 7) is 5.19. The Hall–Kier alpha value is -3.17. The van der Waals surface area contributed by atoms with E-state index in [0.29, 0.717) is 38.4 Å². The molecule has 33 heavy (non-hydrogen) atoms. The number of carbonyl (C=O) groups excluding carboxylic acids is 2. The SMILES string of the molecule is Cc1ccc(C2=C(Nc3cccc(C(F)(F)F)c3)C(=O)N(CCN3CCOCC3)C2=O)cc1. The number of ether oxygens (including phenoxy) is 1. The smallest absolute Gasteiger partial charge is 0.379 e. The molecule has 1 fully saturated rings. The lowest BCUT2D eigenvalue weighted by molar-refractivity contribution is -0.138. The van der Waals surface area contributed by atoms with Gasteiger partial charge in [0.05, 0.1) is 24.4 Å². The topological polar surface area (TPSA) is 61.9 Å². The first kappa shape index (κ1) is 23.0. The lowest BCUT2D eigenvalue weighted by Gasteiger charge is -2.28. The second-order valence-corrected chi connectivity index (χ2v) is 8.04. The molecule has 2 aliphatic heterocycles. The lowest BCUT2D eigenvalue weighted by atomic mass is 10.0. The Morgan fingerprint density at radius 1 is 0.970 bits per heavy atom. The van der Waals surface area contributed by atoms with E-state index >= 15 is 0 Å². The van der Waals surface area contributed by atoms with Crippen molar-refractivity contribution >= 4 is 23.1 Å². The molecule has 0 saturated carbocycles. The number of nitrogens with one attached hydrogen (secondary N) is 1. The van der Waals surface area contributed by atoms with Gasteiger partial charge in [-0.25, -0.2) is 0 Å². The zero-order chi connectivity index (χ0) is 23.6. The third-order valence-electron chi connectivity index (χ3n) is 5.71. The summed E-state index contributed by atoms with van der Waals surface area (Å²) < 4.78 is 44.8. The number of rotatable bonds is 6. The van der Waals surface area contributed by atoms with Crippen LogP contribution in [0.1, 0.15) is 16.7 Å². The molecular weight excluding hydrogens is 435 g/mol. The molecule has 2 aliphatic rings. The molecule has 1 saturated heterocycles. The molecule has 0 atom stereocenters. The predicted molar refractivity (Wildman–Crippen MR) is 117 cm³/mol. The summed E-state index contributed by atoms with van der Waals surface area (Å²) in [5.41, 5.74) is 0.881. The highest BCUT2D eigenvalue weighted by Crippen LogP contribution is 2.33. The number of anilines is 1. The molecule has 1 N–H and O–H groups in total. The van der Waals surface area contributed by atoms with Gasteiger partial charge in [0, 0.05) is 31.9 Å². The number of carbonyl (C=O) groups is 2. The molecule has 2 amide bonds. The minimum atomic E-state index is -4.52. The van der Waals surface area contributed by atoms with Crippen molar-refractivity contribution in [1.29, 1.82) is 0 Å². The first-order chi connectivity index (χ1) is 15.7. The minimum absolute atomic E-state index is 0.0230. The number of imide groups is 1. The van der Waals surface area contributed by atoms with Crippen LogP contribution in [-0.4, -0.2) is 61.0 Å². The van der Waals surface area contributed by atoms with Crippen LogP contribution < -0.4 is 5.32 Å². The van der Waals surface area contributed by atoms with Crippen LogP contribution >= 0.6 is 0 Å². The van der Waals surface area contributed by atoms with Crippen molar-refractivity contribution in [3.63, 3.8) is 0 Å². The second-order valence-electron chi connectivity index (χ2n) is 8.04. The molecule has 0 aromatic heterocycles. The standard InChI is InChI=1S/C24H24F3N3O3/c1-16-5-7-17(8-6-16)20-21(28-19-4-2-3-18(15-19)24(25,26)27)23(32)30(22(20)31)10-9-29-11-13-33-14-12-29/h2-8,15,28H,9-14H2,1H3. The van der Waals surface area contributed by atoms with Crippen LogP contribution in [0.3, 0.4) is 0 Å². The summed E-state index contributed by atoms with van der Waals surface area (Å²) >= 11 is 0. The quantitative estimate of drug-likeness (QED) is 0.670. The Morgan fingerprint density at radius 2 is 1.67 bits per heavy atom. The van der Waals surface area contributed by atoms with Gasteiger partial charge in [-0.2, -0.15) is 13.2 Å². The number of hydrogen-bond acceptors (Lipinski definition) is 5. The fourth-order valence-corrected chi connectivity index (χ4v) is 3.87. The van der Waals surface area contributed by atoms with Crippen LogP contribution in [0.5, 0.6) is 0 Å². The highest BCUT2D eigenvalue weighted by molar-refractivity contribution is 6.36. The Kier molecular flexibility index (Phi) is 6.53. The van der Waals surface area contributed by atoms with Gasteiger partial charge in [-0.3, -0.25) is 19.4 Å². The molecular formula is C24H24F3N3O3. The van der Waals surface area contributed by atoms with Gasteiger partial charge in [0.2, 0.25) is 0 Å². The molecule has 0 radical (unpaired) electrons. The molecule has 0 bridgehead atoms. The summed E-state index contributed by atoms with van der Waals surface area (Å²) in [5.74, 6) is -1.02. The maximum Gasteiger partial charge on any atom is 0.416 e. The molecule has 0 aliphatic carbocycles. The van der Waals surface area contributed by atoms with Gasteiger partial charge in [-0.1, -0.05) is 35.9 Å². The zero-order valence-electron chi connectivity index (χ0n) is 18.1. The van der Waals surface area contributed by atoms with E-state index in [1.54, 1.807) is 12.1 Å². The van der Waals surface area contributed by atoms with E-state index in [1.165, 1.54) is 12.1 Å². The maximum absolute atomic E-state index is 13.3. The van der Waals surface area contributed by atoms with Gasteiger partial charge in [0.25, 0.3) is 11.8 Å². The van der Waals surface area contributed by atoms with E-state index in [9.17, 15) is 22.8 Å². The molecule has 0 unspecified atom stereocenters. The van der Waals surface area contributed by atoms with Gasteiger partial charge < -0.3 is 10.1 Å². The second kappa shape index (κ2) is 9.36. The van der Waals surface area contributed by atoms with Crippen LogP contribution in [0, 0.1) is 6.92 Å². The van der Waals surface area contributed by atoms with E-state index in [2.05, 4.69) is 10.2 Å². The molecule has 2 heterocycles. The van der Waals surface area contributed by atoms with Crippen LogP contribution in [0.2, 0.25) is 0 Å². The summed E-state index contributed by atoms with van der Waals surface area (Å²) in [4.78, 5) is 29.8. The summed E-state index contributed by atoms with van der Waals surface area (Å²) in [6.07, 6.45) is -4.52. The maximum atomic E-state index is 13.3. The molecule has 6 nitrogen and oxygen atoms in total. The van der Waals surface area contributed by atoms with Crippen LogP contribution in [0.25, 0.3) is 5.57 Å². The first-order valence-corrected chi connectivity index (χ1v) is 10.7. The van der Waals surface area contributed by atoms with E-state index in [4.69, 9.17) is 4.74 Å². The fourth-order valence-electron chi connectivity index (χ4n) is 3.87. The molecule has 4 rings (SSSR count). The number of hydrogen-bond donors (Lipinski definition) is 1. The monoisotopic (exact) mass is 459 g/mol. The van der Waals surface area contributed by atoms with Gasteiger partial charge >= 0.3 is 6.18 Å². The molecule has 174 valence electrons. The van der Waals surface area contributed by atoms with Crippen LogP contribution in [-0.2, 0) is 20.5 Å². The van der Waals surface area contributed by atoms with E-state index in [-0.39, 0.29) is 23.5 Å². The van der Waals surface area contributed by atoms with Crippen molar-refractivity contribution < 1.29 is 27.5 Å². The number of aryl methyl sites for hydroxylation is 1. The number of alkyl halides is 3.